The van der Waals surface area contributed by atoms with Crippen molar-refractivity contribution in [1.82, 2.24) is 4.98 Å². The molecule has 2 N–H and O–H groups in total. The lowest BCUT2D eigenvalue weighted by Crippen LogP contribution is -2.13. The lowest BCUT2D eigenvalue weighted by molar-refractivity contribution is 0.390. The molecule has 2 nitrogen and oxygen atoms in total. The Balaban J connectivity index is 1.76. The molecule has 1 aliphatic rings. The summed E-state index contributed by atoms with van der Waals surface area (Å²) >= 11 is 1.56. The topological polar surface area (TPSA) is 38.9 Å². The van der Waals surface area contributed by atoms with Crippen molar-refractivity contribution in [1.29, 1.82) is 0 Å². The first-order chi connectivity index (χ1) is 8.83. The van der Waals surface area contributed by atoms with Crippen molar-refractivity contribution in [2.75, 3.05) is 5.73 Å². The van der Waals surface area contributed by atoms with E-state index in [1.165, 1.54) is 36.9 Å². The van der Waals surface area contributed by atoms with Gasteiger partial charge in [-0.25, -0.2) is 4.98 Å². The molecule has 3 heteroatoms. The average molecular weight is 258 g/mol. The maximum atomic E-state index is 5.74. The molecule has 0 unspecified atom stereocenters. The van der Waals surface area contributed by atoms with E-state index in [1.54, 1.807) is 11.3 Å². The Morgan fingerprint density at radius 2 is 1.89 bits per heavy atom. The van der Waals surface area contributed by atoms with Gasteiger partial charge in [-0.15, -0.1) is 11.3 Å². The third-order valence-corrected chi connectivity index (χ3v) is 4.60. The van der Waals surface area contributed by atoms with Crippen LogP contribution in [0.1, 0.15) is 48.8 Å². The molecule has 1 heterocycles. The number of aromatic nitrogens is 1. The third kappa shape index (κ3) is 2.41. The summed E-state index contributed by atoms with van der Waals surface area (Å²) in [5.41, 5.74) is 8.42. The van der Waals surface area contributed by atoms with Crippen molar-refractivity contribution in [3.63, 3.8) is 0 Å². The first-order valence-electron chi connectivity index (χ1n) is 6.59. The molecule has 1 aliphatic carbocycles. The van der Waals surface area contributed by atoms with Crippen LogP contribution in [0.2, 0.25) is 0 Å². The molecule has 1 fully saturated rings. The highest BCUT2D eigenvalue weighted by Gasteiger charge is 2.25. The van der Waals surface area contributed by atoms with Crippen molar-refractivity contribution in [2.45, 2.75) is 37.5 Å². The summed E-state index contributed by atoms with van der Waals surface area (Å²) in [6.45, 7) is 0. The molecule has 0 radical (unpaired) electrons. The van der Waals surface area contributed by atoms with Crippen LogP contribution in [0.15, 0.2) is 35.7 Å². The molecule has 18 heavy (non-hydrogen) atoms. The van der Waals surface area contributed by atoms with E-state index in [-0.39, 0.29) is 0 Å². The second-order valence-electron chi connectivity index (χ2n) is 5.08. The van der Waals surface area contributed by atoms with Crippen LogP contribution in [0.5, 0.6) is 0 Å². The largest absolute Gasteiger partial charge is 0.375 e. The Bertz CT molecular complexity index is 506. The van der Waals surface area contributed by atoms with E-state index in [0.717, 1.165) is 0 Å². The summed E-state index contributed by atoms with van der Waals surface area (Å²) in [6.07, 6.45) is 5.07. The fourth-order valence-corrected chi connectivity index (χ4v) is 3.62. The molecular weight excluding hydrogens is 240 g/mol. The van der Waals surface area contributed by atoms with Crippen LogP contribution in [0, 0.1) is 0 Å². The Morgan fingerprint density at radius 1 is 1.11 bits per heavy atom. The number of anilines is 1. The Hall–Kier alpha value is -1.35. The smallest absolute Gasteiger partial charge is 0.180 e. The quantitative estimate of drug-likeness (QED) is 0.878. The summed E-state index contributed by atoms with van der Waals surface area (Å²) in [5, 5.41) is 2.83. The highest BCUT2D eigenvalue weighted by Crippen LogP contribution is 2.41. The number of nitrogens with two attached hydrogens (primary N) is 1. The fourth-order valence-electron chi connectivity index (χ4n) is 2.97. The third-order valence-electron chi connectivity index (χ3n) is 3.90. The van der Waals surface area contributed by atoms with Gasteiger partial charge >= 0.3 is 0 Å². The first kappa shape index (κ1) is 11.7. The first-order valence-corrected chi connectivity index (χ1v) is 7.47. The highest BCUT2D eigenvalue weighted by molar-refractivity contribution is 7.13. The van der Waals surface area contributed by atoms with Gasteiger partial charge in [-0.2, -0.15) is 0 Å². The van der Waals surface area contributed by atoms with Crippen LogP contribution >= 0.6 is 11.3 Å². The Labute approximate surface area is 112 Å². The number of thiazole rings is 1. The molecule has 94 valence electrons. The van der Waals surface area contributed by atoms with Crippen molar-refractivity contribution in [3.8, 4) is 0 Å². The number of rotatable bonds is 2. The molecule has 0 amide bonds. The van der Waals surface area contributed by atoms with E-state index in [0.29, 0.717) is 17.0 Å². The molecule has 0 aliphatic heterocycles. The molecule has 1 saturated carbocycles. The number of benzene rings is 1. The standard InChI is InChI=1S/C15H18N2S/c16-15-17-14(10-18-15)13-8-4-7-12(9-13)11-5-2-1-3-6-11/h1-3,5-6,10,12-13H,4,7-9H2,(H2,16,17)/t12-,13-/m1/s1. The van der Waals surface area contributed by atoms with Gasteiger partial charge in [0.05, 0.1) is 5.69 Å². The van der Waals surface area contributed by atoms with Crippen molar-refractivity contribution in [3.05, 3.63) is 47.0 Å². The summed E-state index contributed by atoms with van der Waals surface area (Å²) in [6, 6.07) is 10.9. The highest BCUT2D eigenvalue weighted by atomic mass is 32.1. The predicted octanol–water partition coefficient (Wildman–Crippen LogP) is 4.17. The molecule has 2 atom stereocenters. The van der Waals surface area contributed by atoms with Gasteiger partial charge in [0.25, 0.3) is 0 Å². The summed E-state index contributed by atoms with van der Waals surface area (Å²) < 4.78 is 0. The van der Waals surface area contributed by atoms with Crippen LogP contribution in [0.25, 0.3) is 0 Å². The van der Waals surface area contributed by atoms with Gasteiger partial charge in [-0.3, -0.25) is 0 Å². The van der Waals surface area contributed by atoms with Gasteiger partial charge in [0.1, 0.15) is 0 Å². The Morgan fingerprint density at radius 3 is 2.61 bits per heavy atom. The van der Waals surface area contributed by atoms with Crippen LogP contribution in [-0.2, 0) is 0 Å². The van der Waals surface area contributed by atoms with E-state index >= 15 is 0 Å². The maximum absolute atomic E-state index is 5.74. The van der Waals surface area contributed by atoms with Gasteiger partial charge in [0, 0.05) is 11.3 Å². The minimum Gasteiger partial charge on any atom is -0.375 e. The number of hydrogen-bond acceptors (Lipinski definition) is 3. The monoisotopic (exact) mass is 258 g/mol. The minimum absolute atomic E-state index is 0.595. The average Bonchev–Trinajstić information content (AvgIpc) is 2.87. The molecule has 2 aromatic rings. The predicted molar refractivity (Wildman–Crippen MR) is 76.9 cm³/mol. The minimum atomic E-state index is 0.595. The molecule has 3 rings (SSSR count). The van der Waals surface area contributed by atoms with E-state index < -0.39 is 0 Å². The van der Waals surface area contributed by atoms with Crippen molar-refractivity contribution in [2.24, 2.45) is 0 Å². The summed E-state index contributed by atoms with van der Waals surface area (Å²) in [5.74, 6) is 1.28. The van der Waals surface area contributed by atoms with Crippen molar-refractivity contribution < 1.29 is 0 Å². The van der Waals surface area contributed by atoms with E-state index in [2.05, 4.69) is 40.7 Å². The van der Waals surface area contributed by atoms with Gasteiger partial charge in [0.2, 0.25) is 0 Å². The maximum Gasteiger partial charge on any atom is 0.180 e. The number of hydrogen-bond donors (Lipinski definition) is 1. The van der Waals surface area contributed by atoms with E-state index in [1.807, 2.05) is 0 Å². The molecule has 1 aromatic carbocycles. The van der Waals surface area contributed by atoms with Gasteiger partial charge in [0.15, 0.2) is 5.13 Å². The zero-order valence-electron chi connectivity index (χ0n) is 10.4. The lowest BCUT2D eigenvalue weighted by atomic mass is 9.77. The summed E-state index contributed by atoms with van der Waals surface area (Å²) in [7, 11) is 0. The zero-order chi connectivity index (χ0) is 12.4. The molecular formula is C15H18N2S. The van der Waals surface area contributed by atoms with Crippen LogP contribution < -0.4 is 5.73 Å². The fraction of sp³-hybridized carbons (Fsp3) is 0.400. The van der Waals surface area contributed by atoms with Crippen molar-refractivity contribution >= 4 is 16.5 Å². The van der Waals surface area contributed by atoms with Crippen LogP contribution in [0.4, 0.5) is 5.13 Å². The summed E-state index contributed by atoms with van der Waals surface area (Å²) in [4.78, 5) is 4.46. The second-order valence-corrected chi connectivity index (χ2v) is 5.97. The Kier molecular flexibility index (Phi) is 3.33. The van der Waals surface area contributed by atoms with Gasteiger partial charge < -0.3 is 5.73 Å². The van der Waals surface area contributed by atoms with Crippen LogP contribution in [-0.4, -0.2) is 4.98 Å². The van der Waals surface area contributed by atoms with Gasteiger partial charge in [-0.05, 0) is 30.7 Å². The normalized spacial score (nSPS) is 24.0. The number of nitrogen functional groups attached to an aromatic ring is 1. The molecule has 0 bridgehead atoms. The van der Waals surface area contributed by atoms with Crippen LogP contribution in [0.3, 0.4) is 0 Å². The van der Waals surface area contributed by atoms with E-state index in [9.17, 15) is 0 Å². The molecule has 0 saturated heterocycles. The van der Waals surface area contributed by atoms with E-state index in [4.69, 9.17) is 5.73 Å². The zero-order valence-corrected chi connectivity index (χ0v) is 11.2. The lowest BCUT2D eigenvalue weighted by Gasteiger charge is -2.28. The SMILES string of the molecule is Nc1nc([C@@H]2CCC[C@@H](c3ccccc3)C2)cs1. The number of nitrogens with zero attached hydrogens (tertiary/aromatic N) is 1. The molecule has 0 spiro atoms. The van der Waals surface area contributed by atoms with Gasteiger partial charge in [-0.1, -0.05) is 36.8 Å². The second kappa shape index (κ2) is 5.11. The molecule has 1 aromatic heterocycles.